The SMILES string of the molecule is Cc1nc2ccc(C(=O)c3ccc(N)cc3)cc2o1. The molecule has 0 aliphatic heterocycles. The Morgan fingerprint density at radius 1 is 1.11 bits per heavy atom. The molecule has 19 heavy (non-hydrogen) atoms. The van der Waals surface area contributed by atoms with Crippen molar-refractivity contribution in [1.29, 1.82) is 0 Å². The largest absolute Gasteiger partial charge is 0.441 e. The fourth-order valence-electron chi connectivity index (χ4n) is 1.98. The molecule has 2 aromatic carbocycles. The summed E-state index contributed by atoms with van der Waals surface area (Å²) in [5.41, 5.74) is 8.80. The van der Waals surface area contributed by atoms with Crippen LogP contribution in [-0.2, 0) is 0 Å². The van der Waals surface area contributed by atoms with Gasteiger partial charge in [0.2, 0.25) is 0 Å². The normalized spacial score (nSPS) is 10.8. The zero-order chi connectivity index (χ0) is 13.4. The monoisotopic (exact) mass is 252 g/mol. The minimum absolute atomic E-state index is 0.0593. The number of rotatable bonds is 2. The zero-order valence-corrected chi connectivity index (χ0v) is 10.4. The lowest BCUT2D eigenvalue weighted by molar-refractivity contribution is 0.103. The number of nitrogens with zero attached hydrogens (tertiary/aromatic N) is 1. The van der Waals surface area contributed by atoms with Crippen molar-refractivity contribution in [1.82, 2.24) is 4.98 Å². The van der Waals surface area contributed by atoms with Crippen LogP contribution in [0.5, 0.6) is 0 Å². The van der Waals surface area contributed by atoms with E-state index in [0.717, 1.165) is 5.52 Å². The van der Waals surface area contributed by atoms with E-state index in [2.05, 4.69) is 4.98 Å². The highest BCUT2D eigenvalue weighted by atomic mass is 16.3. The third-order valence-corrected chi connectivity index (χ3v) is 2.93. The second kappa shape index (κ2) is 4.24. The van der Waals surface area contributed by atoms with E-state index in [1.165, 1.54) is 0 Å². The number of fused-ring (bicyclic) bond motifs is 1. The first-order valence-electron chi connectivity index (χ1n) is 5.91. The molecule has 1 aromatic heterocycles. The highest BCUT2D eigenvalue weighted by Crippen LogP contribution is 2.19. The molecule has 0 aliphatic carbocycles. The number of carbonyl (C=O) groups is 1. The van der Waals surface area contributed by atoms with Crippen LogP contribution in [0.3, 0.4) is 0 Å². The van der Waals surface area contributed by atoms with Crippen LogP contribution in [0.25, 0.3) is 11.1 Å². The van der Waals surface area contributed by atoms with Crippen molar-refractivity contribution < 1.29 is 9.21 Å². The number of nitrogens with two attached hydrogens (primary N) is 1. The van der Waals surface area contributed by atoms with E-state index in [1.807, 2.05) is 0 Å². The quantitative estimate of drug-likeness (QED) is 0.562. The molecule has 2 N–H and O–H groups in total. The second-order valence-electron chi connectivity index (χ2n) is 4.37. The number of aromatic nitrogens is 1. The number of aryl methyl sites for hydroxylation is 1. The average Bonchev–Trinajstić information content (AvgIpc) is 2.77. The molecule has 0 unspecified atom stereocenters. The maximum atomic E-state index is 12.3. The molecular formula is C15H12N2O2. The maximum absolute atomic E-state index is 12.3. The lowest BCUT2D eigenvalue weighted by atomic mass is 10.0. The number of anilines is 1. The predicted octanol–water partition coefficient (Wildman–Crippen LogP) is 2.95. The van der Waals surface area contributed by atoms with Crippen LogP contribution in [-0.4, -0.2) is 10.8 Å². The van der Waals surface area contributed by atoms with E-state index >= 15 is 0 Å². The van der Waals surface area contributed by atoms with Gasteiger partial charge in [0.25, 0.3) is 0 Å². The van der Waals surface area contributed by atoms with Crippen LogP contribution in [0, 0.1) is 6.92 Å². The summed E-state index contributed by atoms with van der Waals surface area (Å²) < 4.78 is 5.43. The van der Waals surface area contributed by atoms with Gasteiger partial charge in [-0.1, -0.05) is 0 Å². The van der Waals surface area contributed by atoms with Crippen molar-refractivity contribution in [2.75, 3.05) is 5.73 Å². The van der Waals surface area contributed by atoms with Crippen molar-refractivity contribution in [2.45, 2.75) is 6.92 Å². The Morgan fingerprint density at radius 3 is 2.53 bits per heavy atom. The molecule has 0 saturated heterocycles. The summed E-state index contributed by atoms with van der Waals surface area (Å²) in [6.07, 6.45) is 0. The first-order chi connectivity index (χ1) is 9.13. The number of benzene rings is 2. The molecule has 0 amide bonds. The van der Waals surface area contributed by atoms with Crippen LogP contribution in [0.4, 0.5) is 5.69 Å². The Morgan fingerprint density at radius 2 is 1.79 bits per heavy atom. The van der Waals surface area contributed by atoms with Gasteiger partial charge in [-0.25, -0.2) is 4.98 Å². The van der Waals surface area contributed by atoms with Crippen LogP contribution < -0.4 is 5.73 Å². The molecule has 94 valence electrons. The maximum Gasteiger partial charge on any atom is 0.193 e. The molecular weight excluding hydrogens is 240 g/mol. The Balaban J connectivity index is 2.03. The zero-order valence-electron chi connectivity index (χ0n) is 10.4. The molecule has 3 rings (SSSR count). The van der Waals surface area contributed by atoms with Gasteiger partial charge in [-0.15, -0.1) is 0 Å². The van der Waals surface area contributed by atoms with Gasteiger partial charge in [0.05, 0.1) is 0 Å². The fourth-order valence-corrected chi connectivity index (χ4v) is 1.98. The summed E-state index contributed by atoms with van der Waals surface area (Å²) in [5.74, 6) is 0.531. The third kappa shape index (κ3) is 2.08. The van der Waals surface area contributed by atoms with Gasteiger partial charge >= 0.3 is 0 Å². The third-order valence-electron chi connectivity index (χ3n) is 2.93. The summed E-state index contributed by atoms with van der Waals surface area (Å²) in [6, 6.07) is 12.1. The summed E-state index contributed by atoms with van der Waals surface area (Å²) in [4.78, 5) is 16.5. The van der Waals surface area contributed by atoms with Gasteiger partial charge in [0.1, 0.15) is 5.52 Å². The van der Waals surface area contributed by atoms with Crippen LogP contribution in [0.15, 0.2) is 46.9 Å². The number of nitrogen functional groups attached to an aromatic ring is 1. The smallest absolute Gasteiger partial charge is 0.193 e. The van der Waals surface area contributed by atoms with E-state index in [4.69, 9.17) is 10.2 Å². The molecule has 0 fully saturated rings. The molecule has 1 heterocycles. The highest BCUT2D eigenvalue weighted by molar-refractivity contribution is 6.10. The molecule has 0 atom stereocenters. The number of carbonyl (C=O) groups excluding carboxylic acids is 1. The van der Waals surface area contributed by atoms with Gasteiger partial charge < -0.3 is 10.2 Å². The van der Waals surface area contributed by atoms with E-state index < -0.39 is 0 Å². The molecule has 0 aliphatic rings. The van der Waals surface area contributed by atoms with Crippen LogP contribution >= 0.6 is 0 Å². The molecule has 0 bridgehead atoms. The summed E-state index contributed by atoms with van der Waals surface area (Å²) in [7, 11) is 0. The van der Waals surface area contributed by atoms with E-state index in [9.17, 15) is 4.79 Å². The standard InChI is InChI=1S/C15H12N2O2/c1-9-17-13-7-4-11(8-14(13)19-9)15(18)10-2-5-12(16)6-3-10/h2-8H,16H2,1H3. The second-order valence-corrected chi connectivity index (χ2v) is 4.37. The van der Waals surface area contributed by atoms with Crippen molar-refractivity contribution in [3.63, 3.8) is 0 Å². The molecule has 0 radical (unpaired) electrons. The first-order valence-corrected chi connectivity index (χ1v) is 5.91. The average molecular weight is 252 g/mol. The summed E-state index contributed by atoms with van der Waals surface area (Å²) in [6.45, 7) is 1.78. The minimum Gasteiger partial charge on any atom is -0.441 e. The Bertz CT molecular complexity index is 757. The number of oxazole rings is 1. The highest BCUT2D eigenvalue weighted by Gasteiger charge is 2.11. The lowest BCUT2D eigenvalue weighted by Gasteiger charge is -2.01. The fraction of sp³-hybridized carbons (Fsp3) is 0.0667. The first kappa shape index (κ1) is 11.5. The molecule has 0 spiro atoms. The molecule has 3 aromatic rings. The van der Waals surface area contributed by atoms with Crippen molar-refractivity contribution in [3.8, 4) is 0 Å². The van der Waals surface area contributed by atoms with E-state index in [0.29, 0.717) is 28.3 Å². The lowest BCUT2D eigenvalue weighted by Crippen LogP contribution is -2.01. The van der Waals surface area contributed by atoms with E-state index in [1.54, 1.807) is 49.4 Å². The summed E-state index contributed by atoms with van der Waals surface area (Å²) >= 11 is 0. The number of hydrogen-bond donors (Lipinski definition) is 1. The van der Waals surface area contributed by atoms with Crippen molar-refractivity contribution in [2.24, 2.45) is 0 Å². The Kier molecular flexibility index (Phi) is 2.56. The van der Waals surface area contributed by atoms with Gasteiger partial charge in [-0.2, -0.15) is 0 Å². The number of ketones is 1. The predicted molar refractivity (Wildman–Crippen MR) is 73.0 cm³/mol. The van der Waals surface area contributed by atoms with Crippen LogP contribution in [0.1, 0.15) is 21.8 Å². The van der Waals surface area contributed by atoms with Gasteiger partial charge in [-0.3, -0.25) is 4.79 Å². The van der Waals surface area contributed by atoms with Gasteiger partial charge in [-0.05, 0) is 42.5 Å². The van der Waals surface area contributed by atoms with Crippen molar-refractivity contribution >= 4 is 22.6 Å². The molecule has 4 heteroatoms. The van der Waals surface area contributed by atoms with Crippen molar-refractivity contribution in [3.05, 3.63) is 59.5 Å². The van der Waals surface area contributed by atoms with E-state index in [-0.39, 0.29) is 5.78 Å². The Labute approximate surface area is 109 Å². The topological polar surface area (TPSA) is 69.1 Å². The summed E-state index contributed by atoms with van der Waals surface area (Å²) in [5, 5.41) is 0. The molecule has 0 saturated carbocycles. The number of hydrogen-bond acceptors (Lipinski definition) is 4. The minimum atomic E-state index is -0.0593. The molecule has 4 nitrogen and oxygen atoms in total. The van der Waals surface area contributed by atoms with Crippen LogP contribution in [0.2, 0.25) is 0 Å². The Hall–Kier alpha value is -2.62. The van der Waals surface area contributed by atoms with Gasteiger partial charge in [0.15, 0.2) is 17.3 Å². The van der Waals surface area contributed by atoms with Gasteiger partial charge in [0, 0.05) is 23.7 Å².